The first kappa shape index (κ1) is 21.9. The fraction of sp³-hybridized carbons (Fsp3) is 0.227. The number of thioether (sulfide) groups is 1. The molecule has 0 bridgehead atoms. The zero-order chi connectivity index (χ0) is 21.3. The molecule has 0 spiro atoms. The monoisotopic (exact) mass is 442 g/mol. The number of para-hydroxylation sites is 1. The van der Waals surface area contributed by atoms with Gasteiger partial charge in [0, 0.05) is 11.1 Å². The van der Waals surface area contributed by atoms with Crippen LogP contribution in [-0.4, -0.2) is 28.7 Å². The summed E-state index contributed by atoms with van der Waals surface area (Å²) in [6.07, 6.45) is 0.142. The Morgan fingerprint density at radius 2 is 1.80 bits per heavy atom. The van der Waals surface area contributed by atoms with Gasteiger partial charge in [-0.1, -0.05) is 30.0 Å². The third kappa shape index (κ3) is 6.60. The van der Waals surface area contributed by atoms with E-state index >= 15 is 0 Å². The molecule has 1 atom stereocenters. The number of hydrogen-bond acceptors (Lipinski definition) is 7. The highest BCUT2D eigenvalue weighted by Crippen LogP contribution is 2.28. The topological polar surface area (TPSA) is 77.5 Å². The van der Waals surface area contributed by atoms with E-state index in [1.807, 2.05) is 54.8 Å². The van der Waals surface area contributed by atoms with Gasteiger partial charge >= 0.3 is 5.97 Å². The fourth-order valence-electron chi connectivity index (χ4n) is 2.46. The third-order valence-corrected chi connectivity index (χ3v) is 6.03. The van der Waals surface area contributed by atoms with Crippen LogP contribution >= 0.6 is 23.1 Å². The van der Waals surface area contributed by atoms with Gasteiger partial charge in [0.15, 0.2) is 4.34 Å². The van der Waals surface area contributed by atoms with Crippen LogP contribution in [0.2, 0.25) is 0 Å². The van der Waals surface area contributed by atoms with Crippen LogP contribution in [0.1, 0.15) is 19.5 Å². The zero-order valence-electron chi connectivity index (χ0n) is 16.7. The van der Waals surface area contributed by atoms with E-state index < -0.39 is 0 Å². The summed E-state index contributed by atoms with van der Waals surface area (Å²) in [4.78, 5) is 28.4. The third-order valence-electron chi connectivity index (χ3n) is 3.91. The molecular formula is C22H22N2O4S2. The van der Waals surface area contributed by atoms with Gasteiger partial charge in [0.25, 0.3) is 0 Å². The predicted molar refractivity (Wildman–Crippen MR) is 119 cm³/mol. The van der Waals surface area contributed by atoms with Gasteiger partial charge < -0.3 is 14.8 Å². The number of nitrogens with one attached hydrogen (secondary N) is 1. The van der Waals surface area contributed by atoms with Crippen molar-refractivity contribution in [1.29, 1.82) is 0 Å². The van der Waals surface area contributed by atoms with Crippen molar-refractivity contribution in [3.63, 3.8) is 0 Å². The number of thiazole rings is 1. The van der Waals surface area contributed by atoms with Crippen molar-refractivity contribution in [3.05, 3.63) is 65.7 Å². The normalized spacial score (nSPS) is 11.5. The molecule has 1 N–H and O–H groups in total. The first-order valence-electron chi connectivity index (χ1n) is 9.44. The molecular weight excluding hydrogens is 420 g/mol. The second-order valence-electron chi connectivity index (χ2n) is 6.28. The second kappa shape index (κ2) is 10.8. The minimum Gasteiger partial charge on any atom is -0.466 e. The van der Waals surface area contributed by atoms with Gasteiger partial charge in [-0.3, -0.25) is 9.59 Å². The molecule has 0 saturated heterocycles. The lowest BCUT2D eigenvalue weighted by atomic mass is 10.3. The van der Waals surface area contributed by atoms with E-state index in [1.165, 1.54) is 23.1 Å². The largest absolute Gasteiger partial charge is 0.466 e. The molecule has 1 aromatic heterocycles. The van der Waals surface area contributed by atoms with E-state index in [0.717, 1.165) is 10.1 Å². The van der Waals surface area contributed by atoms with Crippen molar-refractivity contribution < 1.29 is 19.1 Å². The smallest absolute Gasteiger partial charge is 0.311 e. The summed E-state index contributed by atoms with van der Waals surface area (Å²) in [7, 11) is 0. The Hall–Kier alpha value is -2.84. The summed E-state index contributed by atoms with van der Waals surface area (Å²) in [5.74, 6) is 1.02. The Kier molecular flexibility index (Phi) is 7.87. The van der Waals surface area contributed by atoms with Crippen molar-refractivity contribution in [2.75, 3.05) is 11.9 Å². The van der Waals surface area contributed by atoms with Crippen LogP contribution < -0.4 is 10.1 Å². The van der Waals surface area contributed by atoms with Crippen LogP contribution in [0, 0.1) is 0 Å². The number of nitrogens with zero attached hydrogens (tertiary/aromatic N) is 1. The fourth-order valence-corrected chi connectivity index (χ4v) is 4.44. The maximum absolute atomic E-state index is 12.5. The number of esters is 1. The zero-order valence-corrected chi connectivity index (χ0v) is 18.3. The minimum atomic E-state index is -0.341. The molecule has 0 radical (unpaired) electrons. The number of amides is 1. The lowest BCUT2D eigenvalue weighted by Crippen LogP contribution is -2.22. The first-order valence-corrected chi connectivity index (χ1v) is 11.2. The molecule has 1 amide bonds. The van der Waals surface area contributed by atoms with Crippen molar-refractivity contribution in [1.82, 2.24) is 4.98 Å². The molecule has 3 rings (SSSR count). The van der Waals surface area contributed by atoms with Crippen LogP contribution in [0.3, 0.4) is 0 Å². The quantitative estimate of drug-likeness (QED) is 0.364. The highest BCUT2D eigenvalue weighted by Gasteiger charge is 2.17. The Morgan fingerprint density at radius 3 is 2.50 bits per heavy atom. The molecule has 0 saturated carbocycles. The molecule has 0 aliphatic heterocycles. The van der Waals surface area contributed by atoms with Gasteiger partial charge in [-0.2, -0.15) is 0 Å². The van der Waals surface area contributed by atoms with Crippen molar-refractivity contribution in [2.45, 2.75) is 29.9 Å². The van der Waals surface area contributed by atoms with Gasteiger partial charge in [-0.25, -0.2) is 4.98 Å². The summed E-state index contributed by atoms with van der Waals surface area (Å²) >= 11 is 2.77. The van der Waals surface area contributed by atoms with Crippen LogP contribution in [0.4, 0.5) is 5.69 Å². The summed E-state index contributed by atoms with van der Waals surface area (Å²) in [6.45, 7) is 3.94. The number of hydrogen-bond donors (Lipinski definition) is 1. The van der Waals surface area contributed by atoms with Crippen LogP contribution in [0.25, 0.3) is 0 Å². The molecule has 30 heavy (non-hydrogen) atoms. The second-order valence-corrected chi connectivity index (χ2v) is 8.72. The molecule has 156 valence electrons. The summed E-state index contributed by atoms with van der Waals surface area (Å²) < 4.78 is 11.4. The Bertz CT molecular complexity index is 974. The van der Waals surface area contributed by atoms with Crippen LogP contribution in [0.5, 0.6) is 11.5 Å². The molecule has 0 fully saturated rings. The van der Waals surface area contributed by atoms with E-state index in [0.29, 0.717) is 23.7 Å². The number of carbonyl (C=O) groups is 2. The van der Waals surface area contributed by atoms with Gasteiger partial charge in [0.1, 0.15) is 11.5 Å². The Labute approximate surface area is 183 Å². The van der Waals surface area contributed by atoms with Gasteiger partial charge in [0.2, 0.25) is 5.91 Å². The van der Waals surface area contributed by atoms with Crippen molar-refractivity contribution in [3.8, 4) is 11.5 Å². The molecule has 0 aliphatic carbocycles. The number of aromatic nitrogens is 1. The molecule has 2 aromatic carbocycles. The molecule has 1 heterocycles. The highest BCUT2D eigenvalue weighted by atomic mass is 32.2. The Morgan fingerprint density at radius 1 is 1.10 bits per heavy atom. The van der Waals surface area contributed by atoms with E-state index in [9.17, 15) is 9.59 Å². The molecule has 3 aromatic rings. The minimum absolute atomic E-state index is 0.126. The van der Waals surface area contributed by atoms with E-state index in [2.05, 4.69) is 10.3 Å². The average molecular weight is 443 g/mol. The number of anilines is 1. The van der Waals surface area contributed by atoms with Crippen molar-refractivity contribution in [2.24, 2.45) is 0 Å². The maximum atomic E-state index is 12.5. The Balaban J connectivity index is 1.50. The van der Waals surface area contributed by atoms with Gasteiger partial charge in [-0.05, 0) is 50.2 Å². The summed E-state index contributed by atoms with van der Waals surface area (Å²) in [6, 6.07) is 16.7. The SMILES string of the molecule is CCOC(=O)Cc1csc(SC(C)C(=O)Nc2ccc(Oc3ccccc3)cc2)n1. The van der Waals surface area contributed by atoms with E-state index in [4.69, 9.17) is 9.47 Å². The molecule has 0 aliphatic rings. The van der Waals surface area contributed by atoms with E-state index in [1.54, 1.807) is 19.1 Å². The number of carbonyl (C=O) groups excluding carboxylic acids is 2. The number of benzene rings is 2. The predicted octanol–water partition coefficient (Wildman–Crippen LogP) is 5.16. The van der Waals surface area contributed by atoms with Gasteiger partial charge in [-0.15, -0.1) is 11.3 Å². The average Bonchev–Trinajstić information content (AvgIpc) is 3.17. The molecule has 8 heteroatoms. The molecule has 1 unspecified atom stereocenters. The van der Waals surface area contributed by atoms with Crippen LogP contribution in [0.15, 0.2) is 64.3 Å². The summed E-state index contributed by atoms with van der Waals surface area (Å²) in [5, 5.41) is 4.37. The van der Waals surface area contributed by atoms with Crippen LogP contribution in [-0.2, 0) is 20.7 Å². The standard InChI is InChI=1S/C22H22N2O4S2/c1-3-27-20(25)13-17-14-29-22(24-17)30-15(2)21(26)23-16-9-11-19(12-10-16)28-18-7-5-4-6-8-18/h4-12,14-15H,3,13H2,1-2H3,(H,23,26). The van der Waals surface area contributed by atoms with Crippen molar-refractivity contribution >= 4 is 40.7 Å². The molecule has 6 nitrogen and oxygen atoms in total. The lowest BCUT2D eigenvalue weighted by Gasteiger charge is -2.11. The van der Waals surface area contributed by atoms with Gasteiger partial charge in [0.05, 0.1) is 24.0 Å². The van der Waals surface area contributed by atoms with E-state index in [-0.39, 0.29) is 23.5 Å². The maximum Gasteiger partial charge on any atom is 0.311 e. The number of rotatable bonds is 9. The number of ether oxygens (including phenoxy) is 2. The first-order chi connectivity index (χ1) is 14.5. The highest BCUT2D eigenvalue weighted by molar-refractivity contribution is 8.02. The summed E-state index contributed by atoms with van der Waals surface area (Å²) in [5.41, 5.74) is 1.34. The lowest BCUT2D eigenvalue weighted by molar-refractivity contribution is -0.142.